The zero-order valence-electron chi connectivity index (χ0n) is 14.5. The van der Waals surface area contributed by atoms with Crippen molar-refractivity contribution in [1.82, 2.24) is 0 Å². The van der Waals surface area contributed by atoms with Gasteiger partial charge in [-0.15, -0.1) is 11.3 Å². The van der Waals surface area contributed by atoms with Crippen LogP contribution >= 0.6 is 22.9 Å². The van der Waals surface area contributed by atoms with Crippen LogP contribution in [0.1, 0.15) is 51.0 Å². The normalized spacial score (nSPS) is 21.8. The Morgan fingerprint density at radius 2 is 2.12 bits per heavy atom. The Balaban J connectivity index is 0.000000160. The summed E-state index contributed by atoms with van der Waals surface area (Å²) in [5.41, 5.74) is 9.17. The first-order valence-electron chi connectivity index (χ1n) is 8.21. The van der Waals surface area contributed by atoms with Crippen molar-refractivity contribution in [3.8, 4) is 5.75 Å². The standard InChI is InChI=1S/C12H14O2S.C7H8ClNO/c1-5-8-6(10(15-5)11(13)14)4-7-9(8)12(7,2)3;8-6-3-5(4-9)1-2-7(6)10/h7,9H,4H2,1-3H3,(H,13,14);1-3,10H,4,9H2/t7-,9-;/m1./s1. The molecule has 0 bridgehead atoms. The molecular weight excluding hydrogens is 358 g/mol. The summed E-state index contributed by atoms with van der Waals surface area (Å²) < 4.78 is 0. The van der Waals surface area contributed by atoms with E-state index in [-0.39, 0.29) is 5.75 Å². The largest absolute Gasteiger partial charge is 0.506 e. The van der Waals surface area contributed by atoms with Crippen LogP contribution in [0.2, 0.25) is 5.02 Å². The van der Waals surface area contributed by atoms with Crippen LogP contribution in [0, 0.1) is 18.3 Å². The summed E-state index contributed by atoms with van der Waals surface area (Å²) in [5, 5.41) is 18.4. The van der Waals surface area contributed by atoms with Gasteiger partial charge in [0.1, 0.15) is 10.6 Å². The quantitative estimate of drug-likeness (QED) is 0.714. The van der Waals surface area contributed by atoms with Gasteiger partial charge in [-0.2, -0.15) is 0 Å². The molecule has 0 saturated heterocycles. The molecule has 2 atom stereocenters. The molecule has 1 fully saturated rings. The molecule has 1 aromatic heterocycles. The topological polar surface area (TPSA) is 83.5 Å². The van der Waals surface area contributed by atoms with Crippen LogP contribution in [0.25, 0.3) is 0 Å². The molecule has 4 nitrogen and oxygen atoms in total. The highest BCUT2D eigenvalue weighted by Crippen LogP contribution is 2.71. The van der Waals surface area contributed by atoms with Crippen molar-refractivity contribution in [3.63, 3.8) is 0 Å². The summed E-state index contributed by atoms with van der Waals surface area (Å²) in [6.45, 7) is 7.10. The van der Waals surface area contributed by atoms with Gasteiger partial charge >= 0.3 is 5.97 Å². The number of carboxylic acid groups (broad SMARTS) is 1. The summed E-state index contributed by atoms with van der Waals surface area (Å²) in [6.07, 6.45) is 0.985. The van der Waals surface area contributed by atoms with Crippen LogP contribution in [-0.2, 0) is 13.0 Å². The summed E-state index contributed by atoms with van der Waals surface area (Å²) in [5.74, 6) is 0.687. The smallest absolute Gasteiger partial charge is 0.346 e. The Morgan fingerprint density at radius 3 is 2.68 bits per heavy atom. The first-order chi connectivity index (χ1) is 11.7. The fourth-order valence-electron chi connectivity index (χ4n) is 3.98. The Morgan fingerprint density at radius 1 is 1.44 bits per heavy atom. The molecule has 0 amide bonds. The first-order valence-corrected chi connectivity index (χ1v) is 9.40. The van der Waals surface area contributed by atoms with Crippen molar-refractivity contribution in [3.05, 3.63) is 49.7 Å². The number of aromatic hydroxyl groups is 1. The fourth-order valence-corrected chi connectivity index (χ4v) is 5.26. The van der Waals surface area contributed by atoms with Crippen molar-refractivity contribution >= 4 is 28.9 Å². The molecule has 1 saturated carbocycles. The molecule has 6 heteroatoms. The van der Waals surface area contributed by atoms with Crippen LogP contribution in [0.5, 0.6) is 5.75 Å². The number of nitrogens with two attached hydrogens (primary N) is 1. The van der Waals surface area contributed by atoms with E-state index in [1.165, 1.54) is 27.8 Å². The van der Waals surface area contributed by atoms with Crippen LogP contribution < -0.4 is 5.73 Å². The third-order valence-electron chi connectivity index (χ3n) is 5.46. The second-order valence-electron chi connectivity index (χ2n) is 7.28. The molecule has 0 unspecified atom stereocenters. The number of halogens is 1. The lowest BCUT2D eigenvalue weighted by Crippen LogP contribution is -2.03. The maximum atomic E-state index is 11.1. The third-order valence-corrected chi connectivity index (χ3v) is 6.92. The van der Waals surface area contributed by atoms with Gasteiger partial charge in [-0.3, -0.25) is 0 Å². The Hall–Kier alpha value is -1.56. The number of carbonyl (C=O) groups is 1. The summed E-state index contributed by atoms with van der Waals surface area (Å²) >= 11 is 7.04. The maximum Gasteiger partial charge on any atom is 0.346 e. The van der Waals surface area contributed by atoms with Crippen molar-refractivity contribution < 1.29 is 15.0 Å². The molecule has 4 rings (SSSR count). The Kier molecular flexibility index (Phi) is 4.60. The van der Waals surface area contributed by atoms with Crippen molar-refractivity contribution in [2.75, 3.05) is 0 Å². The highest BCUT2D eigenvalue weighted by atomic mass is 35.5. The van der Waals surface area contributed by atoms with E-state index in [1.54, 1.807) is 12.1 Å². The van der Waals surface area contributed by atoms with Gasteiger partial charge in [-0.05, 0) is 59.4 Å². The molecule has 0 spiro atoms. The number of phenols is 1. The number of phenolic OH excluding ortho intramolecular Hbond substituents is 1. The number of hydrogen-bond donors (Lipinski definition) is 3. The van der Waals surface area contributed by atoms with Crippen LogP contribution in [0.15, 0.2) is 18.2 Å². The SMILES string of the molecule is Cc1sc(C(=O)O)c2c1[C@H]1[C@@H](C2)C1(C)C.NCc1ccc(O)c(Cl)c1. The second-order valence-corrected chi connectivity index (χ2v) is 8.92. The van der Waals surface area contributed by atoms with Gasteiger partial charge in [0.05, 0.1) is 5.02 Å². The molecule has 2 aromatic rings. The van der Waals surface area contributed by atoms with Gasteiger partial charge in [-0.25, -0.2) is 4.79 Å². The fraction of sp³-hybridized carbons (Fsp3) is 0.421. The number of carboxylic acids is 1. The minimum Gasteiger partial charge on any atom is -0.506 e. The third kappa shape index (κ3) is 3.05. The number of thiophene rings is 1. The molecule has 4 N–H and O–H groups in total. The van der Waals surface area contributed by atoms with E-state index in [0.29, 0.717) is 33.7 Å². The molecule has 1 aromatic carbocycles. The van der Waals surface area contributed by atoms with Gasteiger partial charge in [0.25, 0.3) is 0 Å². The van der Waals surface area contributed by atoms with Crippen LogP contribution in [-0.4, -0.2) is 16.2 Å². The van der Waals surface area contributed by atoms with Gasteiger partial charge in [-0.1, -0.05) is 31.5 Å². The lowest BCUT2D eigenvalue weighted by molar-refractivity contribution is 0.0701. The monoisotopic (exact) mass is 379 g/mol. The Bertz CT molecular complexity index is 843. The van der Waals surface area contributed by atoms with E-state index < -0.39 is 5.97 Å². The molecule has 1 heterocycles. The van der Waals surface area contributed by atoms with Gasteiger partial charge < -0.3 is 15.9 Å². The lowest BCUT2D eigenvalue weighted by atomic mass is 9.95. The predicted molar refractivity (Wildman–Crippen MR) is 101 cm³/mol. The molecule has 2 aliphatic carbocycles. The van der Waals surface area contributed by atoms with Gasteiger partial charge in [0.15, 0.2) is 0 Å². The number of fused-ring (bicyclic) bond motifs is 3. The molecule has 0 radical (unpaired) electrons. The molecule has 2 aliphatic rings. The summed E-state index contributed by atoms with van der Waals surface area (Å²) in [6, 6.07) is 4.92. The van der Waals surface area contributed by atoms with E-state index in [1.807, 2.05) is 0 Å². The highest BCUT2D eigenvalue weighted by Gasteiger charge is 2.63. The number of hydrogen-bond acceptors (Lipinski definition) is 4. The molecule has 134 valence electrons. The highest BCUT2D eigenvalue weighted by molar-refractivity contribution is 7.14. The zero-order chi connectivity index (χ0) is 18.5. The number of aromatic carboxylic acids is 1. The summed E-state index contributed by atoms with van der Waals surface area (Å²) in [4.78, 5) is 12.9. The van der Waals surface area contributed by atoms with E-state index in [4.69, 9.17) is 27.5 Å². The van der Waals surface area contributed by atoms with Gasteiger partial charge in [0, 0.05) is 11.4 Å². The van der Waals surface area contributed by atoms with E-state index in [0.717, 1.165) is 17.5 Å². The molecular formula is C19H22ClNO3S. The number of aryl methyl sites for hydroxylation is 1. The number of rotatable bonds is 2. The first kappa shape index (κ1) is 18.2. The number of benzene rings is 1. The Labute approximate surface area is 156 Å². The van der Waals surface area contributed by atoms with Crippen LogP contribution in [0.4, 0.5) is 0 Å². The van der Waals surface area contributed by atoms with E-state index in [2.05, 4.69) is 20.8 Å². The maximum absolute atomic E-state index is 11.1. The predicted octanol–water partition coefficient (Wildman–Crippen LogP) is 4.55. The lowest BCUT2D eigenvalue weighted by Gasteiger charge is -2.08. The van der Waals surface area contributed by atoms with Crippen molar-refractivity contribution in [1.29, 1.82) is 0 Å². The average molecular weight is 380 g/mol. The summed E-state index contributed by atoms with van der Waals surface area (Å²) in [7, 11) is 0. The van der Waals surface area contributed by atoms with Crippen molar-refractivity contribution in [2.45, 2.75) is 39.7 Å². The molecule has 25 heavy (non-hydrogen) atoms. The minimum absolute atomic E-state index is 0.0962. The van der Waals surface area contributed by atoms with Crippen molar-refractivity contribution in [2.24, 2.45) is 17.1 Å². The van der Waals surface area contributed by atoms with Crippen LogP contribution in [0.3, 0.4) is 0 Å². The van der Waals surface area contributed by atoms with E-state index >= 15 is 0 Å². The second kappa shape index (κ2) is 6.31. The van der Waals surface area contributed by atoms with Gasteiger partial charge in [0.2, 0.25) is 0 Å². The minimum atomic E-state index is -0.747. The van der Waals surface area contributed by atoms with E-state index in [9.17, 15) is 4.79 Å². The zero-order valence-corrected chi connectivity index (χ0v) is 16.0. The average Bonchev–Trinajstić information content (AvgIpc) is 2.90. The molecule has 0 aliphatic heterocycles.